The van der Waals surface area contributed by atoms with Crippen molar-refractivity contribution in [1.82, 2.24) is 24.5 Å². The van der Waals surface area contributed by atoms with Crippen LogP contribution in [0.25, 0.3) is 0 Å². The number of aromatic nitrogens is 5. The van der Waals surface area contributed by atoms with Gasteiger partial charge in [-0.15, -0.1) is 5.10 Å². The maximum absolute atomic E-state index is 12.4. The zero-order valence-electron chi connectivity index (χ0n) is 16.2. The molecule has 30 heavy (non-hydrogen) atoms. The number of hydrogen-bond acceptors (Lipinski definition) is 5. The van der Waals surface area contributed by atoms with Crippen molar-refractivity contribution in [2.75, 3.05) is 5.32 Å². The van der Waals surface area contributed by atoms with Gasteiger partial charge < -0.3 is 4.74 Å². The lowest BCUT2D eigenvalue weighted by Gasteiger charge is -2.06. The summed E-state index contributed by atoms with van der Waals surface area (Å²) in [5, 5.41) is 11.7. The highest BCUT2D eigenvalue weighted by Crippen LogP contribution is 2.17. The van der Waals surface area contributed by atoms with Gasteiger partial charge in [0.2, 0.25) is 5.95 Å². The van der Waals surface area contributed by atoms with E-state index in [1.54, 1.807) is 47.5 Å². The summed E-state index contributed by atoms with van der Waals surface area (Å²) in [5.74, 6) is 0.439. The number of hydrogen-bond donors (Lipinski definition) is 1. The molecule has 4 aromatic rings. The van der Waals surface area contributed by atoms with Gasteiger partial charge in [-0.2, -0.15) is 5.10 Å². The molecule has 2 aromatic carbocycles. The number of benzene rings is 2. The van der Waals surface area contributed by atoms with Crippen molar-refractivity contribution in [2.24, 2.45) is 0 Å². The zero-order chi connectivity index (χ0) is 20.9. The average Bonchev–Trinajstić information content (AvgIpc) is 3.38. The predicted molar refractivity (Wildman–Crippen MR) is 113 cm³/mol. The minimum Gasteiger partial charge on any atom is -0.471 e. The summed E-state index contributed by atoms with van der Waals surface area (Å²) < 4.78 is 8.79. The fraction of sp³-hybridized carbons (Fsp3) is 0.143. The van der Waals surface area contributed by atoms with Gasteiger partial charge in [-0.1, -0.05) is 47.5 Å². The molecule has 152 valence electrons. The molecule has 1 N–H and O–H groups in total. The third kappa shape index (κ3) is 5.03. The first-order valence-corrected chi connectivity index (χ1v) is 9.61. The van der Waals surface area contributed by atoms with E-state index in [1.807, 2.05) is 31.2 Å². The van der Waals surface area contributed by atoms with Crippen molar-refractivity contribution < 1.29 is 9.53 Å². The fourth-order valence-corrected chi connectivity index (χ4v) is 2.91. The van der Waals surface area contributed by atoms with Crippen LogP contribution in [-0.4, -0.2) is 30.5 Å². The molecular weight excluding hydrogens is 404 g/mol. The molecule has 0 spiro atoms. The van der Waals surface area contributed by atoms with Crippen molar-refractivity contribution in [3.8, 4) is 5.75 Å². The van der Waals surface area contributed by atoms with Crippen LogP contribution in [-0.2, 0) is 13.3 Å². The number of rotatable bonds is 7. The van der Waals surface area contributed by atoms with Crippen LogP contribution >= 0.6 is 11.6 Å². The molecule has 0 atom stereocenters. The number of carbonyl (C=O) groups excluding carboxylic acids is 1. The highest BCUT2D eigenvalue weighted by atomic mass is 35.5. The third-order valence-electron chi connectivity index (χ3n) is 4.26. The lowest BCUT2D eigenvalue weighted by molar-refractivity contribution is 0.101. The molecule has 0 radical (unpaired) electrons. The molecule has 2 aromatic heterocycles. The molecule has 0 bridgehead atoms. The van der Waals surface area contributed by atoms with E-state index in [0.29, 0.717) is 17.3 Å². The Morgan fingerprint density at radius 3 is 2.73 bits per heavy atom. The van der Waals surface area contributed by atoms with E-state index in [1.165, 1.54) is 10.2 Å². The molecule has 0 saturated heterocycles. The topological polar surface area (TPSA) is 86.9 Å². The summed E-state index contributed by atoms with van der Waals surface area (Å²) in [6, 6.07) is 16.8. The standard InChI is InChI=1S/C21H19ClN6O2/c1-15-5-7-16(8-6-15)12-28-13-23-21(26-28)24-20(29)19-9-10-27(25-19)14-30-18-4-2-3-17(22)11-18/h2-11,13H,12,14H2,1H3,(H,24,26,29). The first-order valence-electron chi connectivity index (χ1n) is 9.23. The van der Waals surface area contributed by atoms with Crippen LogP contribution in [0.3, 0.4) is 0 Å². The number of nitrogens with zero attached hydrogens (tertiary/aromatic N) is 5. The molecule has 0 aliphatic carbocycles. The number of ether oxygens (including phenoxy) is 1. The Kier molecular flexibility index (Phi) is 5.76. The molecule has 8 nitrogen and oxygen atoms in total. The Bertz CT molecular complexity index is 1150. The van der Waals surface area contributed by atoms with Gasteiger partial charge in [0.25, 0.3) is 5.91 Å². The summed E-state index contributed by atoms with van der Waals surface area (Å²) in [4.78, 5) is 16.6. The highest BCUT2D eigenvalue weighted by molar-refractivity contribution is 6.30. The normalized spacial score (nSPS) is 10.7. The van der Waals surface area contributed by atoms with Crippen molar-refractivity contribution in [1.29, 1.82) is 0 Å². The number of halogens is 1. The van der Waals surface area contributed by atoms with Crippen LogP contribution < -0.4 is 10.1 Å². The molecule has 0 saturated carbocycles. The summed E-state index contributed by atoms with van der Waals surface area (Å²) >= 11 is 5.93. The maximum Gasteiger partial charge on any atom is 0.278 e. The van der Waals surface area contributed by atoms with E-state index in [4.69, 9.17) is 16.3 Å². The van der Waals surface area contributed by atoms with Gasteiger partial charge in [-0.25, -0.2) is 14.3 Å². The zero-order valence-corrected chi connectivity index (χ0v) is 17.0. The first-order chi connectivity index (χ1) is 14.5. The van der Waals surface area contributed by atoms with Crippen LogP contribution in [0.1, 0.15) is 21.6 Å². The number of anilines is 1. The van der Waals surface area contributed by atoms with Gasteiger partial charge in [-0.05, 0) is 36.8 Å². The smallest absolute Gasteiger partial charge is 0.278 e. The molecule has 2 heterocycles. The summed E-state index contributed by atoms with van der Waals surface area (Å²) in [6.07, 6.45) is 3.23. The minimum absolute atomic E-state index is 0.150. The van der Waals surface area contributed by atoms with Gasteiger partial charge in [0.1, 0.15) is 12.1 Å². The van der Waals surface area contributed by atoms with Crippen LogP contribution in [0.5, 0.6) is 5.75 Å². The van der Waals surface area contributed by atoms with Crippen LogP contribution in [0.15, 0.2) is 67.1 Å². The summed E-state index contributed by atoms with van der Waals surface area (Å²) in [7, 11) is 0. The van der Waals surface area contributed by atoms with Crippen molar-refractivity contribution >= 4 is 23.5 Å². The molecule has 0 aliphatic rings. The molecule has 4 rings (SSSR count). The minimum atomic E-state index is -0.399. The van der Waals surface area contributed by atoms with E-state index in [2.05, 4.69) is 20.5 Å². The van der Waals surface area contributed by atoms with Crippen molar-refractivity contribution in [3.63, 3.8) is 0 Å². The highest BCUT2D eigenvalue weighted by Gasteiger charge is 2.12. The average molecular weight is 423 g/mol. The first kappa shape index (κ1) is 19.7. The van der Waals surface area contributed by atoms with E-state index in [0.717, 1.165) is 5.56 Å². The van der Waals surface area contributed by atoms with E-state index in [9.17, 15) is 4.79 Å². The predicted octanol–water partition coefficient (Wildman–Crippen LogP) is 3.77. The number of carbonyl (C=O) groups is 1. The third-order valence-corrected chi connectivity index (χ3v) is 4.49. The quantitative estimate of drug-likeness (QED) is 0.490. The van der Waals surface area contributed by atoms with E-state index < -0.39 is 5.91 Å². The monoisotopic (exact) mass is 422 g/mol. The maximum atomic E-state index is 12.4. The molecule has 0 aliphatic heterocycles. The Hall–Kier alpha value is -3.65. The summed E-state index contributed by atoms with van der Waals surface area (Å²) in [5.41, 5.74) is 2.53. The van der Waals surface area contributed by atoms with Gasteiger partial charge in [-0.3, -0.25) is 10.1 Å². The second-order valence-electron chi connectivity index (χ2n) is 6.68. The van der Waals surface area contributed by atoms with E-state index >= 15 is 0 Å². The van der Waals surface area contributed by atoms with Crippen molar-refractivity contribution in [2.45, 2.75) is 20.2 Å². The van der Waals surface area contributed by atoms with Gasteiger partial charge in [0, 0.05) is 11.2 Å². The summed E-state index contributed by atoms with van der Waals surface area (Å²) in [6.45, 7) is 2.76. The van der Waals surface area contributed by atoms with Crippen LogP contribution in [0.2, 0.25) is 5.02 Å². The molecule has 9 heteroatoms. The molecule has 0 fully saturated rings. The molecule has 1 amide bonds. The number of aryl methyl sites for hydroxylation is 1. The van der Waals surface area contributed by atoms with Gasteiger partial charge in [0.05, 0.1) is 6.54 Å². The fourth-order valence-electron chi connectivity index (χ4n) is 2.73. The van der Waals surface area contributed by atoms with Crippen LogP contribution in [0, 0.1) is 6.92 Å². The Morgan fingerprint density at radius 1 is 1.10 bits per heavy atom. The van der Waals surface area contributed by atoms with Gasteiger partial charge in [0.15, 0.2) is 12.4 Å². The largest absolute Gasteiger partial charge is 0.471 e. The Morgan fingerprint density at radius 2 is 1.93 bits per heavy atom. The number of amides is 1. The number of nitrogens with one attached hydrogen (secondary N) is 1. The Balaban J connectivity index is 1.33. The molecular formula is C21H19ClN6O2. The second kappa shape index (κ2) is 8.79. The van der Waals surface area contributed by atoms with Crippen LogP contribution in [0.4, 0.5) is 5.95 Å². The Labute approximate surface area is 178 Å². The second-order valence-corrected chi connectivity index (χ2v) is 7.11. The van der Waals surface area contributed by atoms with Crippen molar-refractivity contribution in [3.05, 3.63) is 89.0 Å². The lowest BCUT2D eigenvalue weighted by atomic mass is 10.1. The molecule has 0 unspecified atom stereocenters. The SMILES string of the molecule is Cc1ccc(Cn2cnc(NC(=O)c3ccn(COc4cccc(Cl)c4)n3)n2)cc1. The van der Waals surface area contributed by atoms with Gasteiger partial charge >= 0.3 is 0 Å². The van der Waals surface area contributed by atoms with E-state index in [-0.39, 0.29) is 18.4 Å². The lowest BCUT2D eigenvalue weighted by Crippen LogP contribution is -2.15.